The van der Waals surface area contributed by atoms with Gasteiger partial charge in [-0.15, -0.1) is 0 Å². The van der Waals surface area contributed by atoms with E-state index in [0.29, 0.717) is 75.1 Å². The first kappa shape index (κ1) is 38.8. The minimum atomic E-state index is -5.16. The average molecular weight is 820 g/mol. The molecule has 5 aliphatic rings. The second kappa shape index (κ2) is 14.5. The molecule has 5 fully saturated rings. The van der Waals surface area contributed by atoms with Gasteiger partial charge in [0.2, 0.25) is 5.95 Å². The molecule has 1 aliphatic heterocycles. The molecule has 10 rings (SSSR count). The monoisotopic (exact) mass is 819 g/mol. The molecule has 17 heteroatoms. The Morgan fingerprint density at radius 3 is 2.27 bits per heavy atom. The lowest BCUT2D eigenvalue weighted by atomic mass is 9.58. The van der Waals surface area contributed by atoms with E-state index in [9.17, 15) is 41.0 Å². The van der Waals surface area contributed by atoms with Crippen molar-refractivity contribution >= 4 is 28.7 Å². The number of pyridine rings is 2. The third kappa shape index (κ3) is 7.01. The number of nitrogens with zero attached hydrogens (tertiary/aromatic N) is 6. The number of benzene rings is 1. The molecule has 0 radical (unpaired) electrons. The number of anilines is 1. The van der Waals surface area contributed by atoms with Crippen molar-refractivity contribution < 1.29 is 45.8 Å². The molecule has 0 spiro atoms. The number of carboxylic acid groups (broad SMARTS) is 1. The minimum Gasteiger partial charge on any atom is -0.490 e. The molecule has 11 nitrogen and oxygen atoms in total. The Morgan fingerprint density at radius 1 is 0.814 bits per heavy atom. The summed E-state index contributed by atoms with van der Waals surface area (Å²) in [6.45, 7) is 1.20. The first-order valence-corrected chi connectivity index (χ1v) is 19.7. The maximum atomic E-state index is 14.9. The summed E-state index contributed by atoms with van der Waals surface area (Å²) in [6, 6.07) is 10.5. The summed E-state index contributed by atoms with van der Waals surface area (Å²) in [6.07, 6.45) is 0.773. The molecule has 1 saturated heterocycles. The summed E-state index contributed by atoms with van der Waals surface area (Å²) in [5.41, 5.74) is -5.25. The van der Waals surface area contributed by atoms with Gasteiger partial charge in [0.25, 0.3) is 5.91 Å². The number of hydrogen-bond donors (Lipinski definition) is 2. The zero-order valence-electron chi connectivity index (χ0n) is 31.5. The number of rotatable bonds is 8. The number of hydrogen-bond acceptors (Lipinski definition) is 8. The molecule has 4 aromatic heterocycles. The smallest absolute Gasteiger partial charge is 0.434 e. The number of ether oxygens (including phenoxy) is 1. The van der Waals surface area contributed by atoms with Crippen LogP contribution in [-0.2, 0) is 17.1 Å². The zero-order valence-corrected chi connectivity index (χ0v) is 31.5. The van der Waals surface area contributed by atoms with Crippen LogP contribution in [0.4, 0.5) is 32.3 Å². The van der Waals surface area contributed by atoms with E-state index in [2.05, 4.69) is 25.3 Å². The van der Waals surface area contributed by atoms with Gasteiger partial charge >= 0.3 is 18.3 Å². The van der Waals surface area contributed by atoms with E-state index >= 15 is 0 Å². The Balaban J connectivity index is 1.08. The summed E-state index contributed by atoms with van der Waals surface area (Å²) in [5.74, 6) is -2.26. The normalized spacial score (nSPS) is 24.6. The molecule has 4 saturated carbocycles. The molecule has 2 N–H and O–H groups in total. The van der Waals surface area contributed by atoms with E-state index in [1.54, 1.807) is 30.6 Å². The molecule has 308 valence electrons. The topological polar surface area (TPSA) is 135 Å². The highest BCUT2D eigenvalue weighted by Crippen LogP contribution is 2.56. The van der Waals surface area contributed by atoms with Gasteiger partial charge in [-0.2, -0.15) is 26.3 Å². The van der Waals surface area contributed by atoms with Crippen LogP contribution in [0.5, 0.6) is 5.75 Å². The number of aliphatic carboxylic acids is 1. The lowest BCUT2D eigenvalue weighted by Crippen LogP contribution is -2.66. The van der Waals surface area contributed by atoms with Crippen molar-refractivity contribution in [1.29, 1.82) is 0 Å². The summed E-state index contributed by atoms with van der Waals surface area (Å²) in [4.78, 5) is 45.6. The van der Waals surface area contributed by atoms with Crippen LogP contribution in [0, 0.1) is 23.7 Å². The SMILES string of the molecule is O=C(NC1(C(=O)O)C2CCC3CC(C2)CC1C3)c1ccc(-c2cn(-c3ncccc3C(F)(F)F)c3cc(OC4CCN(c5ncccn5)CC4)ccc23)nc1C(F)(F)F. The van der Waals surface area contributed by atoms with Crippen LogP contribution in [-0.4, -0.2) is 66.2 Å². The van der Waals surface area contributed by atoms with Crippen molar-refractivity contribution in [3.63, 3.8) is 0 Å². The summed E-state index contributed by atoms with van der Waals surface area (Å²) in [7, 11) is 0. The Bertz CT molecular complexity index is 2410. The maximum absolute atomic E-state index is 14.9. The van der Waals surface area contributed by atoms with Crippen LogP contribution in [0.25, 0.3) is 28.0 Å². The van der Waals surface area contributed by atoms with Crippen LogP contribution < -0.4 is 15.0 Å². The number of piperidine rings is 1. The van der Waals surface area contributed by atoms with Gasteiger partial charge in [0.15, 0.2) is 5.69 Å². The fourth-order valence-electron chi connectivity index (χ4n) is 10.2. The van der Waals surface area contributed by atoms with Crippen molar-refractivity contribution in [2.75, 3.05) is 18.0 Å². The molecule has 4 bridgehead atoms. The van der Waals surface area contributed by atoms with Crippen LogP contribution in [0.2, 0.25) is 0 Å². The van der Waals surface area contributed by atoms with E-state index in [1.165, 1.54) is 24.5 Å². The van der Waals surface area contributed by atoms with Crippen molar-refractivity contribution in [1.82, 2.24) is 29.8 Å². The first-order chi connectivity index (χ1) is 28.2. The van der Waals surface area contributed by atoms with Gasteiger partial charge in [0.1, 0.15) is 23.2 Å². The number of carbonyl (C=O) groups is 2. The highest BCUT2D eigenvalue weighted by atomic mass is 19.4. The summed E-state index contributed by atoms with van der Waals surface area (Å²) < 4.78 is 95.4. The second-order valence-corrected chi connectivity index (χ2v) is 16.2. The maximum Gasteiger partial charge on any atom is 0.434 e. The third-order valence-corrected chi connectivity index (χ3v) is 12.8. The third-order valence-electron chi connectivity index (χ3n) is 12.8. The fraction of sp³-hybridized carbons (Fsp3) is 0.429. The van der Waals surface area contributed by atoms with Crippen LogP contribution in [0.15, 0.2) is 73.3 Å². The molecule has 5 aromatic rings. The Morgan fingerprint density at radius 2 is 1.54 bits per heavy atom. The van der Waals surface area contributed by atoms with Crippen molar-refractivity contribution in [2.45, 2.75) is 75.4 Å². The van der Waals surface area contributed by atoms with Crippen LogP contribution >= 0.6 is 0 Å². The largest absolute Gasteiger partial charge is 0.490 e. The standard InChI is InChI=1S/C42H39F6N7O4/c43-41(44,45)32-3-1-12-49-36(32)55-22-31(29-7-6-28(21-34(29)55)59-27-10-15-54(16-11-27)39-50-13-2-14-51-39)33-9-8-30(35(52-33)42(46,47)48)37(56)53-40(38(57)58)25-5-4-23-17-24(19-25)20-26(40)18-23/h1-3,6-9,12-14,21-27H,4-5,10-11,15-20H2,(H,53,56)(H,57,58). The van der Waals surface area contributed by atoms with E-state index in [0.717, 1.165) is 35.6 Å². The molecular formula is C42H39F6N7O4. The summed E-state index contributed by atoms with van der Waals surface area (Å²) in [5, 5.41) is 13.5. The first-order valence-electron chi connectivity index (χ1n) is 19.7. The number of fused-ring (bicyclic) bond motifs is 2. The van der Waals surface area contributed by atoms with E-state index < -0.39 is 64.2 Å². The van der Waals surface area contributed by atoms with Crippen molar-refractivity contribution in [3.8, 4) is 22.8 Å². The number of amides is 1. The highest BCUT2D eigenvalue weighted by Gasteiger charge is 2.60. The fourth-order valence-corrected chi connectivity index (χ4v) is 10.2. The van der Waals surface area contributed by atoms with Gasteiger partial charge in [-0.05, 0) is 98.2 Å². The number of aromatic nitrogens is 5. The van der Waals surface area contributed by atoms with Crippen LogP contribution in [0.3, 0.4) is 0 Å². The van der Waals surface area contributed by atoms with Gasteiger partial charge in [-0.25, -0.2) is 24.7 Å². The molecule has 5 atom stereocenters. The molecule has 5 unspecified atom stereocenters. The van der Waals surface area contributed by atoms with E-state index in [-0.39, 0.29) is 28.3 Å². The zero-order chi connectivity index (χ0) is 41.3. The number of nitrogens with one attached hydrogen (secondary N) is 1. The minimum absolute atomic E-state index is 0.0403. The lowest BCUT2D eigenvalue weighted by molar-refractivity contribution is -0.154. The average Bonchev–Trinajstić information content (AvgIpc) is 3.47. The van der Waals surface area contributed by atoms with Gasteiger partial charge in [-0.3, -0.25) is 9.36 Å². The quantitative estimate of drug-likeness (QED) is 0.148. The Hall–Kier alpha value is -5.74. The van der Waals surface area contributed by atoms with Gasteiger partial charge in [0, 0.05) is 67.7 Å². The predicted octanol–water partition coefficient (Wildman–Crippen LogP) is 8.36. The Kier molecular flexibility index (Phi) is 9.54. The number of carbonyl (C=O) groups excluding carboxylic acids is 1. The van der Waals surface area contributed by atoms with Gasteiger partial charge in [0.05, 0.1) is 22.3 Å². The van der Waals surface area contributed by atoms with Gasteiger partial charge in [-0.1, -0.05) is 6.42 Å². The molecule has 5 heterocycles. The van der Waals surface area contributed by atoms with E-state index in [4.69, 9.17) is 4.74 Å². The van der Waals surface area contributed by atoms with Crippen molar-refractivity contribution in [3.05, 3.63) is 90.1 Å². The lowest BCUT2D eigenvalue weighted by Gasteiger charge is -2.50. The molecule has 1 amide bonds. The van der Waals surface area contributed by atoms with Crippen molar-refractivity contribution in [2.24, 2.45) is 23.7 Å². The number of alkyl halides is 6. The van der Waals surface area contributed by atoms with E-state index in [1.807, 2.05) is 4.90 Å². The highest BCUT2D eigenvalue weighted by molar-refractivity contribution is 6.01. The predicted molar refractivity (Wildman–Crippen MR) is 202 cm³/mol. The number of carboxylic acids is 1. The molecule has 1 aromatic carbocycles. The second-order valence-electron chi connectivity index (χ2n) is 16.2. The van der Waals surface area contributed by atoms with Gasteiger partial charge < -0.3 is 20.1 Å². The number of halogens is 6. The molecule has 59 heavy (non-hydrogen) atoms. The summed E-state index contributed by atoms with van der Waals surface area (Å²) >= 11 is 0. The Labute approximate surface area is 333 Å². The van der Waals surface area contributed by atoms with Crippen LogP contribution in [0.1, 0.15) is 73.0 Å². The molecule has 4 aliphatic carbocycles. The molecular weight excluding hydrogens is 780 g/mol.